The second-order valence-electron chi connectivity index (χ2n) is 8.34. The zero-order valence-corrected chi connectivity index (χ0v) is 20.5. The van der Waals surface area contributed by atoms with E-state index >= 15 is 0 Å². The van der Waals surface area contributed by atoms with Gasteiger partial charge in [0.2, 0.25) is 0 Å². The Kier molecular flexibility index (Phi) is 8.42. The van der Waals surface area contributed by atoms with Crippen molar-refractivity contribution in [3.05, 3.63) is 131 Å². The van der Waals surface area contributed by atoms with Gasteiger partial charge in [-0.1, -0.05) is 96.5 Å². The summed E-state index contributed by atoms with van der Waals surface area (Å²) in [6.07, 6.45) is 0.770. The highest BCUT2D eigenvalue weighted by Gasteiger charge is 2.20. The van der Waals surface area contributed by atoms with Crippen molar-refractivity contribution in [2.45, 2.75) is 18.9 Å². The molecule has 0 fully saturated rings. The number of methoxy groups -OCH3 is 1. The van der Waals surface area contributed by atoms with Gasteiger partial charge in [-0.25, -0.2) is 4.79 Å². The van der Waals surface area contributed by atoms with E-state index in [9.17, 15) is 4.79 Å². The van der Waals surface area contributed by atoms with E-state index in [1.807, 2.05) is 53.4 Å². The molecular weight excluding hydrogens is 456 g/mol. The van der Waals surface area contributed by atoms with Crippen molar-refractivity contribution in [1.82, 2.24) is 4.90 Å². The lowest BCUT2D eigenvalue weighted by molar-refractivity contribution is 0.207. The summed E-state index contributed by atoms with van der Waals surface area (Å²) in [7, 11) is 1.65. The Morgan fingerprint density at radius 2 is 1.49 bits per heavy atom. The molecule has 0 saturated carbocycles. The van der Waals surface area contributed by atoms with E-state index in [1.54, 1.807) is 19.2 Å². The predicted molar refractivity (Wildman–Crippen MR) is 143 cm³/mol. The number of hydrogen-bond acceptors (Lipinski definition) is 2. The van der Waals surface area contributed by atoms with Gasteiger partial charge in [-0.05, 0) is 41.8 Å². The van der Waals surface area contributed by atoms with Gasteiger partial charge >= 0.3 is 6.03 Å². The first kappa shape index (κ1) is 24.4. The number of hydrogen-bond donors (Lipinski definition) is 1. The molecule has 4 aromatic carbocycles. The molecule has 0 bridgehead atoms. The highest BCUT2D eigenvalue weighted by molar-refractivity contribution is 6.30. The SMILES string of the molecule is COc1ccccc1CN(CCC(c1ccccc1)c1ccccc1)C(=O)Nc1cccc(Cl)c1. The molecule has 2 amide bonds. The Hall–Kier alpha value is -3.76. The van der Waals surface area contributed by atoms with E-state index < -0.39 is 0 Å². The maximum atomic E-state index is 13.4. The molecule has 0 aliphatic heterocycles. The summed E-state index contributed by atoms with van der Waals surface area (Å²) in [5.41, 5.74) is 4.07. The zero-order valence-electron chi connectivity index (χ0n) is 19.7. The minimum Gasteiger partial charge on any atom is -0.496 e. The van der Waals surface area contributed by atoms with E-state index in [-0.39, 0.29) is 11.9 Å². The Morgan fingerprint density at radius 1 is 0.857 bits per heavy atom. The van der Waals surface area contributed by atoms with E-state index in [0.29, 0.717) is 23.8 Å². The Bertz CT molecular complexity index is 1190. The fourth-order valence-corrected chi connectivity index (χ4v) is 4.43. The first-order valence-electron chi connectivity index (χ1n) is 11.7. The Balaban J connectivity index is 1.59. The van der Waals surface area contributed by atoms with Crippen LogP contribution in [-0.4, -0.2) is 24.6 Å². The number of nitrogens with zero attached hydrogens (tertiary/aromatic N) is 1. The first-order chi connectivity index (χ1) is 17.1. The zero-order chi connectivity index (χ0) is 24.5. The quantitative estimate of drug-likeness (QED) is 0.265. The standard InChI is InChI=1S/C30H29ClN2O2/c1-35-29-18-9-8-15-25(29)22-33(30(34)32-27-17-10-16-26(31)21-27)20-19-28(23-11-4-2-5-12-23)24-13-6-3-7-14-24/h2-18,21,28H,19-20,22H2,1H3,(H,32,34). The van der Waals surface area contributed by atoms with E-state index in [1.165, 1.54) is 11.1 Å². The van der Waals surface area contributed by atoms with Gasteiger partial charge in [0, 0.05) is 28.7 Å². The number of urea groups is 1. The van der Waals surface area contributed by atoms with Gasteiger partial charge in [0.25, 0.3) is 0 Å². The van der Waals surface area contributed by atoms with Crippen LogP contribution >= 0.6 is 11.6 Å². The fourth-order valence-electron chi connectivity index (χ4n) is 4.24. The van der Waals surface area contributed by atoms with Gasteiger partial charge in [0.05, 0.1) is 13.7 Å². The van der Waals surface area contributed by atoms with Crippen LogP contribution in [0.4, 0.5) is 10.5 Å². The molecule has 0 unspecified atom stereocenters. The van der Waals surface area contributed by atoms with E-state index in [2.05, 4.69) is 53.8 Å². The number of rotatable bonds is 9. The summed E-state index contributed by atoms with van der Waals surface area (Å²) in [5.74, 6) is 0.923. The van der Waals surface area contributed by atoms with Crippen molar-refractivity contribution < 1.29 is 9.53 Å². The van der Waals surface area contributed by atoms with Crippen molar-refractivity contribution in [3.63, 3.8) is 0 Å². The lowest BCUT2D eigenvalue weighted by Crippen LogP contribution is -2.36. The molecule has 0 aliphatic rings. The van der Waals surface area contributed by atoms with Crippen LogP contribution in [0.25, 0.3) is 0 Å². The van der Waals surface area contributed by atoms with Gasteiger partial charge < -0.3 is 15.0 Å². The number of carbonyl (C=O) groups is 1. The van der Waals surface area contributed by atoms with Crippen LogP contribution in [0.5, 0.6) is 5.75 Å². The molecule has 4 rings (SSSR count). The fraction of sp³-hybridized carbons (Fsp3) is 0.167. The second kappa shape index (κ2) is 12.1. The van der Waals surface area contributed by atoms with Gasteiger partial charge in [0.15, 0.2) is 0 Å². The number of nitrogens with one attached hydrogen (secondary N) is 1. The highest BCUT2D eigenvalue weighted by Crippen LogP contribution is 2.29. The highest BCUT2D eigenvalue weighted by atomic mass is 35.5. The number of carbonyl (C=O) groups excluding carboxylic acids is 1. The third-order valence-electron chi connectivity index (χ3n) is 6.01. The molecule has 0 radical (unpaired) electrons. The minimum absolute atomic E-state index is 0.163. The number of halogens is 1. The molecule has 0 aliphatic carbocycles. The average molecular weight is 485 g/mol. The lowest BCUT2D eigenvalue weighted by atomic mass is 9.88. The lowest BCUT2D eigenvalue weighted by Gasteiger charge is -2.27. The summed E-state index contributed by atoms with van der Waals surface area (Å²) in [6.45, 7) is 0.978. The third kappa shape index (κ3) is 6.65. The van der Waals surface area contributed by atoms with Crippen molar-refractivity contribution in [2.24, 2.45) is 0 Å². The van der Waals surface area contributed by atoms with Crippen LogP contribution in [0, 0.1) is 0 Å². The first-order valence-corrected chi connectivity index (χ1v) is 12.0. The number of benzene rings is 4. The van der Waals surface area contributed by atoms with Gasteiger partial charge in [-0.2, -0.15) is 0 Å². The Morgan fingerprint density at radius 3 is 2.11 bits per heavy atom. The smallest absolute Gasteiger partial charge is 0.322 e. The summed E-state index contributed by atoms with van der Waals surface area (Å²) >= 11 is 6.13. The molecule has 0 atom stereocenters. The number of ether oxygens (including phenoxy) is 1. The van der Waals surface area contributed by atoms with Crippen LogP contribution < -0.4 is 10.1 Å². The van der Waals surface area contributed by atoms with Crippen molar-refractivity contribution >= 4 is 23.3 Å². The molecule has 0 heterocycles. The Labute approximate surface area is 212 Å². The molecule has 4 nitrogen and oxygen atoms in total. The number of para-hydroxylation sites is 1. The van der Waals surface area contributed by atoms with Crippen LogP contribution in [0.1, 0.15) is 29.0 Å². The average Bonchev–Trinajstić information content (AvgIpc) is 2.89. The van der Waals surface area contributed by atoms with Gasteiger partial charge in [-0.3, -0.25) is 0 Å². The van der Waals surface area contributed by atoms with Crippen molar-refractivity contribution in [3.8, 4) is 5.75 Å². The number of amides is 2. The van der Waals surface area contributed by atoms with Crippen molar-refractivity contribution in [2.75, 3.05) is 19.0 Å². The van der Waals surface area contributed by atoms with Crippen LogP contribution in [0.2, 0.25) is 5.02 Å². The van der Waals surface area contributed by atoms with E-state index in [4.69, 9.17) is 16.3 Å². The third-order valence-corrected chi connectivity index (χ3v) is 6.24. The van der Waals surface area contributed by atoms with Crippen molar-refractivity contribution in [1.29, 1.82) is 0 Å². The monoisotopic (exact) mass is 484 g/mol. The molecule has 0 spiro atoms. The normalized spacial score (nSPS) is 10.7. The predicted octanol–water partition coefficient (Wildman–Crippen LogP) is 7.60. The van der Waals surface area contributed by atoms with Gasteiger partial charge in [0.1, 0.15) is 5.75 Å². The van der Waals surface area contributed by atoms with Crippen LogP contribution in [0.3, 0.4) is 0 Å². The molecule has 4 aromatic rings. The maximum Gasteiger partial charge on any atom is 0.322 e. The minimum atomic E-state index is -0.182. The largest absolute Gasteiger partial charge is 0.496 e. The summed E-state index contributed by atoms with van der Waals surface area (Å²) in [6, 6.07) is 35.7. The molecule has 0 aromatic heterocycles. The van der Waals surface area contributed by atoms with Crippen LogP contribution in [-0.2, 0) is 6.54 Å². The molecular formula is C30H29ClN2O2. The summed E-state index contributed by atoms with van der Waals surface area (Å²) < 4.78 is 5.55. The molecule has 0 saturated heterocycles. The summed E-state index contributed by atoms with van der Waals surface area (Å²) in [4.78, 5) is 15.3. The maximum absolute atomic E-state index is 13.4. The molecule has 178 valence electrons. The molecule has 5 heteroatoms. The number of anilines is 1. The molecule has 35 heavy (non-hydrogen) atoms. The van der Waals surface area contributed by atoms with Crippen LogP contribution in [0.15, 0.2) is 109 Å². The molecule has 1 N–H and O–H groups in total. The topological polar surface area (TPSA) is 41.6 Å². The van der Waals surface area contributed by atoms with E-state index in [0.717, 1.165) is 17.7 Å². The van der Waals surface area contributed by atoms with Gasteiger partial charge in [-0.15, -0.1) is 0 Å². The second-order valence-corrected chi connectivity index (χ2v) is 8.77. The summed E-state index contributed by atoms with van der Waals surface area (Å²) in [5, 5.41) is 3.58.